The second-order valence-corrected chi connectivity index (χ2v) is 9.81. The molecule has 2 unspecified atom stereocenters. The van der Waals surface area contributed by atoms with E-state index in [2.05, 4.69) is 0 Å². The van der Waals surface area contributed by atoms with Gasteiger partial charge in [0.1, 0.15) is 5.60 Å². The molecule has 27 heavy (non-hydrogen) atoms. The van der Waals surface area contributed by atoms with Crippen molar-refractivity contribution in [2.24, 2.45) is 0 Å². The zero-order valence-electron chi connectivity index (χ0n) is 17.8. The van der Waals surface area contributed by atoms with Crippen molar-refractivity contribution >= 4 is 13.6 Å². The quantitative estimate of drug-likeness (QED) is 0.365. The van der Waals surface area contributed by atoms with Gasteiger partial charge in [0.2, 0.25) is 0 Å². The minimum atomic E-state index is -3.71. The summed E-state index contributed by atoms with van der Waals surface area (Å²) >= 11 is 0. The van der Waals surface area contributed by atoms with E-state index in [4.69, 9.17) is 13.8 Å². The van der Waals surface area contributed by atoms with Crippen LogP contribution in [0.4, 0.5) is 0 Å². The van der Waals surface area contributed by atoms with Crippen molar-refractivity contribution < 1.29 is 23.1 Å². The van der Waals surface area contributed by atoms with Gasteiger partial charge in [0.15, 0.2) is 5.66 Å². The fraction of sp³-hybridized carbons (Fsp3) is 0.667. The monoisotopic (exact) mass is 398 g/mol. The highest BCUT2D eigenvalue weighted by atomic mass is 31.2. The van der Waals surface area contributed by atoms with Gasteiger partial charge in [-0.1, -0.05) is 43.2 Å². The minimum Gasteiger partial charge on any atom is -0.459 e. The topological polar surface area (TPSA) is 61.8 Å². The molecule has 0 spiro atoms. The lowest BCUT2D eigenvalue weighted by Gasteiger charge is -2.33. The zero-order valence-corrected chi connectivity index (χ0v) is 18.7. The molecule has 0 aliphatic carbocycles. The Bertz CT molecular complexity index is 623. The molecule has 5 nitrogen and oxygen atoms in total. The number of ether oxygens (including phenoxy) is 1. The molecule has 0 amide bonds. The smallest absolute Gasteiger partial charge is 0.345 e. The lowest BCUT2D eigenvalue weighted by Crippen LogP contribution is -2.36. The van der Waals surface area contributed by atoms with Crippen LogP contribution in [0.3, 0.4) is 0 Å². The van der Waals surface area contributed by atoms with Crippen LogP contribution in [0.1, 0.15) is 71.4 Å². The average Bonchev–Trinajstić information content (AvgIpc) is 2.54. The molecule has 0 aliphatic rings. The SMILES string of the molecule is CCCC(c1ccc(C)cc1)C(C(=O)OC(C)(C)C)P(=O)(OCC)OCC. The van der Waals surface area contributed by atoms with E-state index in [1.54, 1.807) is 34.6 Å². The summed E-state index contributed by atoms with van der Waals surface area (Å²) < 4.78 is 30.4. The third kappa shape index (κ3) is 7.06. The van der Waals surface area contributed by atoms with Gasteiger partial charge in [-0.15, -0.1) is 0 Å². The van der Waals surface area contributed by atoms with Crippen molar-refractivity contribution in [2.45, 2.75) is 78.5 Å². The van der Waals surface area contributed by atoms with Gasteiger partial charge in [-0.3, -0.25) is 9.36 Å². The molecule has 0 radical (unpaired) electrons. The molecule has 1 rings (SSSR count). The summed E-state index contributed by atoms with van der Waals surface area (Å²) in [5.74, 6) is -0.846. The lowest BCUT2D eigenvalue weighted by molar-refractivity contribution is -0.155. The van der Waals surface area contributed by atoms with Crippen molar-refractivity contribution in [2.75, 3.05) is 13.2 Å². The van der Waals surface area contributed by atoms with Crippen molar-refractivity contribution in [1.82, 2.24) is 0 Å². The first kappa shape index (κ1) is 23.9. The molecule has 0 heterocycles. The van der Waals surface area contributed by atoms with Gasteiger partial charge >= 0.3 is 13.6 Å². The van der Waals surface area contributed by atoms with Crippen LogP contribution in [0.5, 0.6) is 0 Å². The number of esters is 1. The Kier molecular flexibility index (Phi) is 9.20. The summed E-state index contributed by atoms with van der Waals surface area (Å²) in [6, 6.07) is 7.96. The largest absolute Gasteiger partial charge is 0.459 e. The number of rotatable bonds is 10. The molecule has 0 saturated carbocycles. The van der Waals surface area contributed by atoms with Crippen molar-refractivity contribution in [3.63, 3.8) is 0 Å². The molecular formula is C21H35O5P. The Morgan fingerprint density at radius 2 is 1.56 bits per heavy atom. The van der Waals surface area contributed by atoms with E-state index in [0.29, 0.717) is 6.42 Å². The van der Waals surface area contributed by atoms with Gasteiger partial charge in [0.05, 0.1) is 13.2 Å². The van der Waals surface area contributed by atoms with Crippen molar-refractivity contribution in [3.05, 3.63) is 35.4 Å². The van der Waals surface area contributed by atoms with Gasteiger partial charge in [-0.2, -0.15) is 0 Å². The Hall–Kier alpha value is -1.16. The molecule has 0 saturated heterocycles. The number of carbonyl (C=O) groups is 1. The Morgan fingerprint density at radius 3 is 1.96 bits per heavy atom. The fourth-order valence-electron chi connectivity index (χ4n) is 3.07. The molecule has 154 valence electrons. The highest BCUT2D eigenvalue weighted by molar-refractivity contribution is 7.55. The summed E-state index contributed by atoms with van der Waals surface area (Å²) in [4.78, 5) is 13.2. The number of aryl methyl sites for hydroxylation is 1. The summed E-state index contributed by atoms with van der Waals surface area (Å²) in [7, 11) is -3.71. The lowest BCUT2D eigenvalue weighted by atomic mass is 9.90. The van der Waals surface area contributed by atoms with Crippen LogP contribution in [0.2, 0.25) is 0 Å². The first-order valence-electron chi connectivity index (χ1n) is 9.76. The molecule has 2 atom stereocenters. The van der Waals surface area contributed by atoms with E-state index < -0.39 is 24.8 Å². The first-order valence-corrected chi connectivity index (χ1v) is 11.4. The number of benzene rings is 1. The van der Waals surface area contributed by atoms with Gasteiger partial charge in [-0.05, 0) is 53.5 Å². The molecule has 0 aliphatic heterocycles. The average molecular weight is 398 g/mol. The zero-order chi connectivity index (χ0) is 20.7. The maximum atomic E-state index is 13.7. The van der Waals surface area contributed by atoms with Gasteiger partial charge in [0.25, 0.3) is 0 Å². The standard InChI is InChI=1S/C21H35O5P/c1-8-11-18(17-14-12-16(4)13-15-17)19(20(22)26-21(5,6)7)27(23,24-9-2)25-10-3/h12-15,18-19H,8-11H2,1-7H3. The van der Waals surface area contributed by atoms with Crippen LogP contribution < -0.4 is 0 Å². The summed E-state index contributed by atoms with van der Waals surface area (Å²) in [6.07, 6.45) is 1.51. The number of hydrogen-bond acceptors (Lipinski definition) is 5. The highest BCUT2D eigenvalue weighted by Gasteiger charge is 2.48. The van der Waals surface area contributed by atoms with Crippen LogP contribution in [0.15, 0.2) is 24.3 Å². The molecule has 1 aromatic carbocycles. The van der Waals surface area contributed by atoms with E-state index in [1.165, 1.54) is 0 Å². The number of hydrogen-bond donors (Lipinski definition) is 0. The van der Waals surface area contributed by atoms with Gasteiger partial charge in [0, 0.05) is 5.92 Å². The van der Waals surface area contributed by atoms with Crippen LogP contribution in [0.25, 0.3) is 0 Å². The Balaban J connectivity index is 3.48. The van der Waals surface area contributed by atoms with E-state index in [-0.39, 0.29) is 19.1 Å². The molecule has 0 bridgehead atoms. The second-order valence-electron chi connectivity index (χ2n) is 7.66. The second kappa shape index (κ2) is 10.4. The third-order valence-electron chi connectivity index (χ3n) is 4.09. The molecule has 0 aromatic heterocycles. The Labute approximate surface area is 164 Å². The first-order chi connectivity index (χ1) is 12.6. The predicted molar refractivity (Wildman–Crippen MR) is 109 cm³/mol. The third-order valence-corrected chi connectivity index (χ3v) is 6.58. The van der Waals surface area contributed by atoms with E-state index in [1.807, 2.05) is 38.1 Å². The van der Waals surface area contributed by atoms with E-state index in [0.717, 1.165) is 17.5 Å². The van der Waals surface area contributed by atoms with Crippen LogP contribution in [-0.4, -0.2) is 30.4 Å². The molecule has 1 aromatic rings. The molecule has 6 heteroatoms. The maximum absolute atomic E-state index is 13.7. The summed E-state index contributed by atoms with van der Waals surface area (Å²) in [6.45, 7) is 13.3. The summed E-state index contributed by atoms with van der Waals surface area (Å²) in [5, 5.41) is 0. The normalized spacial score (nSPS) is 14.6. The van der Waals surface area contributed by atoms with E-state index >= 15 is 0 Å². The molecule has 0 N–H and O–H groups in total. The van der Waals surface area contributed by atoms with E-state index in [9.17, 15) is 9.36 Å². The summed E-state index contributed by atoms with van der Waals surface area (Å²) in [5.41, 5.74) is 0.376. The minimum absolute atomic E-state index is 0.198. The Morgan fingerprint density at radius 1 is 1.04 bits per heavy atom. The molecular weight excluding hydrogens is 363 g/mol. The van der Waals surface area contributed by atoms with Crippen molar-refractivity contribution in [3.8, 4) is 0 Å². The fourth-order valence-corrected chi connectivity index (χ4v) is 5.25. The van der Waals surface area contributed by atoms with Crippen LogP contribution in [0, 0.1) is 6.92 Å². The highest BCUT2D eigenvalue weighted by Crippen LogP contribution is 2.58. The molecule has 0 fully saturated rings. The van der Waals surface area contributed by atoms with Crippen LogP contribution in [-0.2, 0) is 23.1 Å². The van der Waals surface area contributed by atoms with Gasteiger partial charge in [-0.25, -0.2) is 0 Å². The maximum Gasteiger partial charge on any atom is 0.345 e. The number of carbonyl (C=O) groups excluding carboxylic acids is 1. The predicted octanol–water partition coefficient (Wildman–Crippen LogP) is 5.86. The van der Waals surface area contributed by atoms with Crippen LogP contribution >= 0.6 is 7.60 Å². The van der Waals surface area contributed by atoms with Gasteiger partial charge < -0.3 is 13.8 Å². The van der Waals surface area contributed by atoms with Crippen molar-refractivity contribution in [1.29, 1.82) is 0 Å².